The van der Waals surface area contributed by atoms with Crippen LogP contribution in [0.1, 0.15) is 39.0 Å². The summed E-state index contributed by atoms with van der Waals surface area (Å²) >= 11 is 0. The Bertz CT molecular complexity index is 1180. The van der Waals surface area contributed by atoms with E-state index in [1.165, 1.54) is 5.56 Å². The summed E-state index contributed by atoms with van der Waals surface area (Å²) < 4.78 is 6.03. The van der Waals surface area contributed by atoms with Crippen LogP contribution in [0.2, 0.25) is 0 Å². The smallest absolute Gasteiger partial charge is 0.127 e. The van der Waals surface area contributed by atoms with E-state index in [4.69, 9.17) is 4.74 Å². The topological polar surface area (TPSA) is 55.8 Å². The van der Waals surface area contributed by atoms with Crippen molar-refractivity contribution in [2.75, 3.05) is 32.7 Å². The average Bonchev–Trinajstić information content (AvgIpc) is 3.02. The molecule has 5 nitrogen and oxygen atoms in total. The second kappa shape index (κ2) is 10.2. The predicted octanol–water partition coefficient (Wildman–Crippen LogP) is 3.58. The number of carbonyl (C=O) groups excluding carboxylic acids is 1. The van der Waals surface area contributed by atoms with E-state index < -0.39 is 5.97 Å². The zero-order valence-corrected chi connectivity index (χ0v) is 19.3. The van der Waals surface area contributed by atoms with Crippen LogP contribution in [0.4, 0.5) is 0 Å². The lowest BCUT2D eigenvalue weighted by Gasteiger charge is -2.34. The van der Waals surface area contributed by atoms with Crippen molar-refractivity contribution in [3.63, 3.8) is 0 Å². The molecule has 0 spiro atoms. The van der Waals surface area contributed by atoms with Gasteiger partial charge in [0.25, 0.3) is 0 Å². The van der Waals surface area contributed by atoms with E-state index in [2.05, 4.69) is 58.3 Å². The highest BCUT2D eigenvalue weighted by molar-refractivity contribution is 5.91. The molecule has 2 aliphatic rings. The van der Waals surface area contributed by atoms with Crippen molar-refractivity contribution in [3.05, 3.63) is 107 Å². The van der Waals surface area contributed by atoms with Crippen LogP contribution in [-0.4, -0.2) is 48.5 Å². The maximum atomic E-state index is 11.5. The summed E-state index contributed by atoms with van der Waals surface area (Å²) in [7, 11) is 0. The minimum Gasteiger partial charge on any atom is -0.545 e. The van der Waals surface area contributed by atoms with Gasteiger partial charge in [-0.3, -0.25) is 4.90 Å². The molecule has 1 fully saturated rings. The van der Waals surface area contributed by atoms with E-state index in [-0.39, 0.29) is 5.56 Å². The van der Waals surface area contributed by atoms with Crippen LogP contribution < -0.4 is 9.84 Å². The minimum absolute atomic E-state index is 0.169. The van der Waals surface area contributed by atoms with Gasteiger partial charge in [-0.25, -0.2) is 0 Å². The van der Waals surface area contributed by atoms with E-state index in [1.807, 2.05) is 12.1 Å². The monoisotopic (exact) mass is 453 g/mol. The first-order valence-corrected chi connectivity index (χ1v) is 11.9. The standard InChI is InChI=1S/C29H30N2O3/c32-29(33)23-12-13-28-27(19-23)26(25-10-5-4-9-24(25)21-34-28)11-6-14-30-15-17-31(18-16-30)20-22-7-2-1-3-8-22/h1-5,7-13,19H,6,14-18,20-21H2,(H,32,33)/p-1/b26-11+. The molecule has 1 saturated heterocycles. The van der Waals surface area contributed by atoms with Gasteiger partial charge >= 0.3 is 0 Å². The van der Waals surface area contributed by atoms with Crippen LogP contribution in [0.3, 0.4) is 0 Å². The molecule has 0 saturated carbocycles. The predicted molar refractivity (Wildman–Crippen MR) is 131 cm³/mol. The maximum Gasteiger partial charge on any atom is 0.127 e. The molecule has 0 aromatic heterocycles. The van der Waals surface area contributed by atoms with E-state index in [1.54, 1.807) is 18.2 Å². The molecule has 3 aromatic rings. The first kappa shape index (κ1) is 22.4. The lowest BCUT2D eigenvalue weighted by molar-refractivity contribution is -0.255. The summed E-state index contributed by atoms with van der Waals surface area (Å²) in [5, 5.41) is 11.5. The fourth-order valence-corrected chi connectivity index (χ4v) is 4.83. The highest BCUT2D eigenvalue weighted by Crippen LogP contribution is 2.37. The number of fused-ring (bicyclic) bond motifs is 2. The minimum atomic E-state index is -1.17. The largest absolute Gasteiger partial charge is 0.545 e. The third-order valence-corrected chi connectivity index (χ3v) is 6.70. The fraction of sp³-hybridized carbons (Fsp3) is 0.276. The lowest BCUT2D eigenvalue weighted by Crippen LogP contribution is -2.46. The van der Waals surface area contributed by atoms with E-state index in [0.717, 1.165) is 68.0 Å². The molecule has 0 bridgehead atoms. The molecule has 2 aliphatic heterocycles. The zero-order chi connectivity index (χ0) is 23.3. The van der Waals surface area contributed by atoms with Gasteiger partial charge in [0, 0.05) is 44.8 Å². The molecule has 5 rings (SSSR count). The molecular formula is C29H29N2O3-. The third-order valence-electron chi connectivity index (χ3n) is 6.70. The van der Waals surface area contributed by atoms with Gasteiger partial charge in [-0.15, -0.1) is 0 Å². The number of aromatic carboxylic acids is 1. The highest BCUT2D eigenvalue weighted by Gasteiger charge is 2.20. The molecular weight excluding hydrogens is 424 g/mol. The van der Waals surface area contributed by atoms with E-state index in [0.29, 0.717) is 12.4 Å². The number of rotatable bonds is 6. The van der Waals surface area contributed by atoms with Crippen molar-refractivity contribution in [1.82, 2.24) is 9.80 Å². The Morgan fingerprint density at radius 2 is 1.62 bits per heavy atom. The summed E-state index contributed by atoms with van der Waals surface area (Å²) in [4.78, 5) is 16.5. The fourth-order valence-electron chi connectivity index (χ4n) is 4.83. The van der Waals surface area contributed by atoms with Gasteiger partial charge in [0.1, 0.15) is 12.4 Å². The van der Waals surface area contributed by atoms with Gasteiger partial charge in [-0.2, -0.15) is 0 Å². The maximum absolute atomic E-state index is 11.5. The summed E-state index contributed by atoms with van der Waals surface area (Å²) in [5.41, 5.74) is 5.60. The van der Waals surface area contributed by atoms with E-state index in [9.17, 15) is 9.90 Å². The summed E-state index contributed by atoms with van der Waals surface area (Å²) in [6.45, 7) is 6.70. The molecule has 5 heteroatoms. The molecule has 0 atom stereocenters. The molecule has 0 unspecified atom stereocenters. The molecule has 3 aromatic carbocycles. The Morgan fingerprint density at radius 3 is 2.41 bits per heavy atom. The Kier molecular flexibility index (Phi) is 6.74. The summed E-state index contributed by atoms with van der Waals surface area (Å²) in [5.74, 6) is -0.463. The second-order valence-electron chi connectivity index (χ2n) is 8.95. The number of carboxylic acid groups (broad SMARTS) is 1. The van der Waals surface area contributed by atoms with Gasteiger partial charge in [0.15, 0.2) is 0 Å². The number of hydrogen-bond donors (Lipinski definition) is 0. The number of piperazine rings is 1. The highest BCUT2D eigenvalue weighted by atomic mass is 16.5. The molecule has 0 radical (unpaired) electrons. The molecule has 0 amide bonds. The van der Waals surface area contributed by atoms with Crippen molar-refractivity contribution < 1.29 is 14.6 Å². The van der Waals surface area contributed by atoms with Gasteiger partial charge < -0.3 is 19.5 Å². The van der Waals surface area contributed by atoms with Crippen LogP contribution in [-0.2, 0) is 13.2 Å². The average molecular weight is 454 g/mol. The third kappa shape index (κ3) is 5.06. The summed E-state index contributed by atoms with van der Waals surface area (Å²) in [6.07, 6.45) is 3.12. The van der Waals surface area contributed by atoms with Gasteiger partial charge in [-0.05, 0) is 52.4 Å². The lowest BCUT2D eigenvalue weighted by atomic mass is 9.92. The first-order valence-electron chi connectivity index (χ1n) is 11.9. The molecule has 0 N–H and O–H groups in total. The van der Waals surface area contributed by atoms with Crippen molar-refractivity contribution in [2.45, 2.75) is 19.6 Å². The number of carbonyl (C=O) groups is 1. The summed E-state index contributed by atoms with van der Waals surface area (Å²) in [6, 6.07) is 23.8. The van der Waals surface area contributed by atoms with Crippen molar-refractivity contribution >= 4 is 11.5 Å². The van der Waals surface area contributed by atoms with Crippen LogP contribution in [0, 0.1) is 0 Å². The second-order valence-corrected chi connectivity index (χ2v) is 8.95. The van der Waals surface area contributed by atoms with Crippen LogP contribution in [0.15, 0.2) is 78.9 Å². The zero-order valence-electron chi connectivity index (χ0n) is 19.3. The number of nitrogens with zero attached hydrogens (tertiary/aromatic N) is 2. The van der Waals surface area contributed by atoms with Gasteiger partial charge in [0.2, 0.25) is 0 Å². The molecule has 2 heterocycles. The van der Waals surface area contributed by atoms with Crippen LogP contribution in [0.5, 0.6) is 5.75 Å². The Hall–Kier alpha value is -3.41. The Labute approximate surface area is 200 Å². The SMILES string of the molecule is O=C([O-])c1ccc2c(c1)/C(=C/CCN1CCN(Cc3ccccc3)CC1)c1ccccc1CO2. The number of benzene rings is 3. The normalized spacial score (nSPS) is 17.5. The van der Waals surface area contributed by atoms with Gasteiger partial charge in [-0.1, -0.05) is 60.7 Å². The number of ether oxygens (including phenoxy) is 1. The quantitative estimate of drug-likeness (QED) is 0.571. The van der Waals surface area contributed by atoms with Crippen LogP contribution in [0.25, 0.3) is 5.57 Å². The van der Waals surface area contributed by atoms with E-state index >= 15 is 0 Å². The van der Waals surface area contributed by atoms with Crippen molar-refractivity contribution in [2.24, 2.45) is 0 Å². The Morgan fingerprint density at radius 1 is 0.882 bits per heavy atom. The van der Waals surface area contributed by atoms with Crippen molar-refractivity contribution in [3.8, 4) is 5.75 Å². The van der Waals surface area contributed by atoms with Gasteiger partial charge in [0.05, 0.1) is 5.97 Å². The molecule has 174 valence electrons. The number of carboxylic acids is 1. The first-order chi connectivity index (χ1) is 16.7. The van der Waals surface area contributed by atoms with Crippen LogP contribution >= 0.6 is 0 Å². The number of hydrogen-bond acceptors (Lipinski definition) is 5. The molecule has 0 aliphatic carbocycles. The van der Waals surface area contributed by atoms with Crippen molar-refractivity contribution in [1.29, 1.82) is 0 Å². The Balaban J connectivity index is 1.29. The molecule has 34 heavy (non-hydrogen) atoms.